The predicted octanol–water partition coefficient (Wildman–Crippen LogP) is 10.8. The third-order valence-corrected chi connectivity index (χ3v) is 9.04. The fraction of sp³-hybridized carbons (Fsp3) is 0.0952. The van der Waals surface area contributed by atoms with Gasteiger partial charge in [0, 0.05) is 25.1 Å². The molecule has 5 nitrogen and oxygen atoms in total. The van der Waals surface area contributed by atoms with Crippen LogP contribution in [0.2, 0.25) is 15.1 Å². The lowest BCUT2D eigenvalue weighted by atomic mass is 9.81. The molecular formula is C42H36BBrCl3N3O2. The van der Waals surface area contributed by atoms with Crippen LogP contribution in [0.3, 0.4) is 0 Å². The van der Waals surface area contributed by atoms with Crippen LogP contribution >= 0.6 is 50.7 Å². The zero-order valence-corrected chi connectivity index (χ0v) is 31.1. The molecule has 0 unspecified atom stereocenters. The first-order chi connectivity index (χ1) is 24.5. The van der Waals surface area contributed by atoms with Gasteiger partial charge in [0.2, 0.25) is 0 Å². The number of hydrogen-bond donors (Lipinski definition) is 3. The predicted molar refractivity (Wildman–Crippen MR) is 220 cm³/mol. The lowest BCUT2D eigenvalue weighted by molar-refractivity contribution is 0.426. The zero-order valence-electron chi connectivity index (χ0n) is 27.2. The van der Waals surface area contributed by atoms with Gasteiger partial charge < -0.3 is 15.8 Å². The Morgan fingerprint density at radius 2 is 0.846 bits per heavy atom. The van der Waals surface area contributed by atoms with E-state index in [1.54, 1.807) is 36.4 Å². The molecule has 52 heavy (non-hydrogen) atoms. The van der Waals surface area contributed by atoms with E-state index in [2.05, 4.69) is 46.3 Å². The SMILES string of the molecule is C.N#Cc1ccc(-c2ccc(Cl)cc2)cc1.N#Cc1ccc(Br)cc1.NC1(c2ccc(-c3ccc(Cl)cc3)cc2)CC1.OB(O)c1ccc(Cl)cc1. The second-order valence-corrected chi connectivity index (χ2v) is 13.7. The first-order valence-corrected chi connectivity index (χ1v) is 17.6. The van der Waals surface area contributed by atoms with E-state index in [4.69, 9.17) is 61.1 Å². The summed E-state index contributed by atoms with van der Waals surface area (Å²) < 4.78 is 1.00. The molecule has 0 heterocycles. The highest BCUT2D eigenvalue weighted by atomic mass is 79.9. The molecule has 0 saturated heterocycles. The molecule has 6 aromatic carbocycles. The Balaban J connectivity index is 0.000000192. The number of rotatable bonds is 4. The van der Waals surface area contributed by atoms with Gasteiger partial charge >= 0.3 is 7.12 Å². The molecule has 0 aliphatic heterocycles. The second kappa shape index (κ2) is 20.6. The maximum absolute atomic E-state index is 8.67. The van der Waals surface area contributed by atoms with E-state index in [1.807, 2.05) is 91.0 Å². The lowest BCUT2D eigenvalue weighted by Gasteiger charge is -2.10. The zero-order chi connectivity index (χ0) is 36.8. The van der Waals surface area contributed by atoms with Crippen molar-refractivity contribution in [1.29, 1.82) is 10.5 Å². The largest absolute Gasteiger partial charge is 0.488 e. The first kappa shape index (κ1) is 42.0. The van der Waals surface area contributed by atoms with Crippen LogP contribution in [-0.4, -0.2) is 17.2 Å². The minimum absolute atomic E-state index is 0. The highest BCUT2D eigenvalue weighted by Crippen LogP contribution is 2.43. The Morgan fingerprint density at radius 3 is 1.17 bits per heavy atom. The van der Waals surface area contributed by atoms with Crippen molar-refractivity contribution in [2.45, 2.75) is 25.8 Å². The summed E-state index contributed by atoms with van der Waals surface area (Å²) >= 11 is 20.5. The molecule has 1 saturated carbocycles. The van der Waals surface area contributed by atoms with Gasteiger partial charge in [0.25, 0.3) is 0 Å². The summed E-state index contributed by atoms with van der Waals surface area (Å²) in [6.07, 6.45) is 2.21. The molecule has 0 spiro atoms. The Kier molecular flexibility index (Phi) is 16.6. The van der Waals surface area contributed by atoms with Gasteiger partial charge in [0.1, 0.15) is 0 Å². The maximum Gasteiger partial charge on any atom is 0.488 e. The fourth-order valence-electron chi connectivity index (χ4n) is 4.60. The third kappa shape index (κ3) is 13.3. The second-order valence-electron chi connectivity index (χ2n) is 11.5. The molecule has 4 N–H and O–H groups in total. The molecule has 1 aliphatic carbocycles. The van der Waals surface area contributed by atoms with Crippen LogP contribution in [0.4, 0.5) is 0 Å². The monoisotopic (exact) mass is 809 g/mol. The summed E-state index contributed by atoms with van der Waals surface area (Å²) in [7, 11) is -1.41. The average Bonchev–Trinajstić information content (AvgIpc) is 3.92. The van der Waals surface area contributed by atoms with Gasteiger partial charge in [-0.3, -0.25) is 0 Å². The summed E-state index contributed by atoms with van der Waals surface area (Å²) in [6.45, 7) is 0. The minimum Gasteiger partial charge on any atom is -0.423 e. The van der Waals surface area contributed by atoms with Crippen molar-refractivity contribution in [3.05, 3.63) is 182 Å². The Labute approximate surface area is 329 Å². The van der Waals surface area contributed by atoms with Crippen LogP contribution in [0.1, 0.15) is 37.0 Å². The number of hydrogen-bond acceptors (Lipinski definition) is 5. The molecule has 0 aromatic heterocycles. The van der Waals surface area contributed by atoms with Crippen molar-refractivity contribution in [3.8, 4) is 34.4 Å². The number of halogens is 4. The molecule has 1 aliphatic rings. The normalized spacial score (nSPS) is 11.6. The summed E-state index contributed by atoms with van der Waals surface area (Å²) in [5.74, 6) is 0. The van der Waals surface area contributed by atoms with Crippen molar-refractivity contribution >= 4 is 63.3 Å². The molecule has 0 atom stereocenters. The Morgan fingerprint density at radius 1 is 0.538 bits per heavy atom. The van der Waals surface area contributed by atoms with Gasteiger partial charge in [-0.2, -0.15) is 10.5 Å². The summed E-state index contributed by atoms with van der Waals surface area (Å²) in [5.41, 5.74) is 13.8. The first-order valence-electron chi connectivity index (χ1n) is 15.7. The van der Waals surface area contributed by atoms with E-state index in [0.29, 0.717) is 21.6 Å². The van der Waals surface area contributed by atoms with Gasteiger partial charge in [-0.25, -0.2) is 0 Å². The summed E-state index contributed by atoms with van der Waals surface area (Å²) in [5, 5.41) is 36.4. The van der Waals surface area contributed by atoms with Crippen LogP contribution in [0.15, 0.2) is 150 Å². The smallest absolute Gasteiger partial charge is 0.423 e. The van der Waals surface area contributed by atoms with Crippen molar-refractivity contribution in [1.82, 2.24) is 0 Å². The van der Waals surface area contributed by atoms with Crippen LogP contribution in [0.5, 0.6) is 0 Å². The van der Waals surface area contributed by atoms with Gasteiger partial charge in [-0.05, 0) is 119 Å². The average molecular weight is 812 g/mol. The number of nitrogens with two attached hydrogens (primary N) is 1. The Hall–Kier alpha value is -4.41. The molecule has 6 aromatic rings. The molecule has 0 bridgehead atoms. The molecule has 7 rings (SSSR count). The number of nitrogens with zero attached hydrogens (tertiary/aromatic N) is 2. The maximum atomic E-state index is 8.67. The molecule has 10 heteroatoms. The van der Waals surface area contributed by atoms with E-state index in [-0.39, 0.29) is 13.0 Å². The molecule has 0 radical (unpaired) electrons. The van der Waals surface area contributed by atoms with Crippen molar-refractivity contribution < 1.29 is 10.0 Å². The van der Waals surface area contributed by atoms with Crippen LogP contribution < -0.4 is 11.2 Å². The standard InChI is InChI=1S/C15H14ClN.C13H8ClN.C7H4BrN.C6H6BClO2.CH4/c16-14-7-3-12(4-8-14)11-1-5-13(6-2-11)15(17)9-10-15;14-13-7-5-12(6-8-13)11-3-1-10(9-15)2-4-11;8-7-3-1-6(5-9)2-4-7;8-6-3-1-5(2-4-6)7(9)10;/h1-8H,9-10,17H2;1-8H;1-4H;1-4,9-10H;1H4. The third-order valence-electron chi connectivity index (χ3n) is 7.76. The van der Waals surface area contributed by atoms with Crippen LogP contribution in [0, 0.1) is 22.7 Å². The molecular weight excluding hydrogens is 776 g/mol. The minimum atomic E-state index is -1.41. The fourth-order valence-corrected chi connectivity index (χ4v) is 5.24. The van der Waals surface area contributed by atoms with Crippen molar-refractivity contribution in [2.24, 2.45) is 5.73 Å². The quantitative estimate of drug-likeness (QED) is 0.153. The molecule has 1 fully saturated rings. The highest BCUT2D eigenvalue weighted by molar-refractivity contribution is 9.10. The van der Waals surface area contributed by atoms with E-state index in [9.17, 15) is 0 Å². The molecule has 262 valence electrons. The van der Waals surface area contributed by atoms with E-state index in [0.717, 1.165) is 38.5 Å². The molecule has 0 amide bonds. The number of benzene rings is 6. The van der Waals surface area contributed by atoms with E-state index < -0.39 is 7.12 Å². The van der Waals surface area contributed by atoms with Gasteiger partial charge in [0.05, 0.1) is 23.3 Å². The topological polar surface area (TPSA) is 114 Å². The number of nitriles is 2. The summed E-state index contributed by atoms with van der Waals surface area (Å²) in [4.78, 5) is 0. The van der Waals surface area contributed by atoms with Crippen molar-refractivity contribution in [2.75, 3.05) is 0 Å². The summed E-state index contributed by atoms with van der Waals surface area (Å²) in [6, 6.07) is 49.2. The van der Waals surface area contributed by atoms with Gasteiger partial charge in [0.15, 0.2) is 0 Å². The van der Waals surface area contributed by atoms with Gasteiger partial charge in [-0.1, -0.05) is 131 Å². The van der Waals surface area contributed by atoms with E-state index >= 15 is 0 Å². The van der Waals surface area contributed by atoms with Crippen molar-refractivity contribution in [3.63, 3.8) is 0 Å². The van der Waals surface area contributed by atoms with Crippen LogP contribution in [-0.2, 0) is 5.54 Å². The van der Waals surface area contributed by atoms with Gasteiger partial charge in [-0.15, -0.1) is 0 Å². The lowest BCUT2D eigenvalue weighted by Crippen LogP contribution is -2.29. The highest BCUT2D eigenvalue weighted by Gasteiger charge is 2.39. The van der Waals surface area contributed by atoms with E-state index in [1.165, 1.54) is 16.7 Å². The van der Waals surface area contributed by atoms with Crippen LogP contribution in [0.25, 0.3) is 22.3 Å². The Bertz CT molecular complexity index is 2060.